The number of hydrogen-bond acceptors (Lipinski definition) is 5. The average Bonchev–Trinajstić information content (AvgIpc) is 3.34. The molecule has 0 unspecified atom stereocenters. The minimum atomic E-state index is -0.156. The largest absolute Gasteiger partial charge is 0.488 e. The first-order valence-corrected chi connectivity index (χ1v) is 14.9. The number of para-hydroxylation sites is 1. The first-order chi connectivity index (χ1) is 19.7. The molecule has 5 nitrogen and oxygen atoms in total. The molecule has 5 rings (SSSR count). The normalized spacial score (nSPS) is 14.9. The SMILES string of the molecule is CC(C)(C)[C@H]1CCc2c(sc(N=Cc3ccccc3OCc3ccc(C#N)cc3)c2C(=O)Nc2ccc(Cl)cc2)C1. The maximum Gasteiger partial charge on any atom is 0.259 e. The van der Waals surface area contributed by atoms with Crippen LogP contribution < -0.4 is 10.1 Å². The number of nitriles is 1. The van der Waals surface area contributed by atoms with Crippen molar-refractivity contribution in [3.8, 4) is 11.8 Å². The fraction of sp³-hybridized carbons (Fsp3) is 0.265. The lowest BCUT2D eigenvalue weighted by Gasteiger charge is -2.33. The molecule has 1 N–H and O–H groups in total. The van der Waals surface area contributed by atoms with E-state index in [0.29, 0.717) is 45.1 Å². The zero-order valence-electron chi connectivity index (χ0n) is 23.4. The van der Waals surface area contributed by atoms with Crippen LogP contribution in [0.5, 0.6) is 5.75 Å². The van der Waals surface area contributed by atoms with Gasteiger partial charge in [-0.25, -0.2) is 4.99 Å². The highest BCUT2D eigenvalue weighted by atomic mass is 35.5. The summed E-state index contributed by atoms with van der Waals surface area (Å²) in [5, 5.41) is 13.4. The number of benzene rings is 3. The minimum absolute atomic E-state index is 0.156. The van der Waals surface area contributed by atoms with Crippen LogP contribution in [0.2, 0.25) is 5.02 Å². The Morgan fingerprint density at radius 3 is 2.56 bits per heavy atom. The number of nitrogens with one attached hydrogen (secondary N) is 1. The molecule has 1 atom stereocenters. The minimum Gasteiger partial charge on any atom is -0.488 e. The maximum absolute atomic E-state index is 13.7. The number of anilines is 1. The molecular weight excluding hydrogens is 550 g/mol. The zero-order valence-corrected chi connectivity index (χ0v) is 25.0. The Labute approximate surface area is 250 Å². The summed E-state index contributed by atoms with van der Waals surface area (Å²) in [6.45, 7) is 7.24. The molecule has 0 fully saturated rings. The Kier molecular flexibility index (Phi) is 8.58. The third kappa shape index (κ3) is 6.87. The van der Waals surface area contributed by atoms with Crippen molar-refractivity contribution in [3.63, 3.8) is 0 Å². The van der Waals surface area contributed by atoms with Gasteiger partial charge in [0, 0.05) is 27.4 Å². The third-order valence-electron chi connectivity index (χ3n) is 7.52. The number of rotatable bonds is 7. The first kappa shape index (κ1) is 28.6. The molecule has 4 aromatic rings. The number of nitrogens with zero attached hydrogens (tertiary/aromatic N) is 2. The molecule has 0 bridgehead atoms. The summed E-state index contributed by atoms with van der Waals surface area (Å²) < 4.78 is 6.12. The molecule has 7 heteroatoms. The van der Waals surface area contributed by atoms with E-state index in [1.807, 2.05) is 36.4 Å². The monoisotopic (exact) mass is 581 g/mol. The molecule has 1 aliphatic carbocycles. The first-order valence-electron chi connectivity index (χ1n) is 13.7. The van der Waals surface area contributed by atoms with Gasteiger partial charge in [-0.15, -0.1) is 11.3 Å². The van der Waals surface area contributed by atoms with Gasteiger partial charge in [0.1, 0.15) is 17.4 Å². The lowest BCUT2D eigenvalue weighted by Crippen LogP contribution is -2.27. The van der Waals surface area contributed by atoms with Crippen LogP contribution in [0.25, 0.3) is 0 Å². The Morgan fingerprint density at radius 1 is 1.12 bits per heavy atom. The Bertz CT molecular complexity index is 1610. The molecule has 0 saturated carbocycles. The number of halogens is 1. The lowest BCUT2D eigenvalue weighted by molar-refractivity contribution is 0.102. The van der Waals surface area contributed by atoms with Gasteiger partial charge in [0.05, 0.1) is 17.2 Å². The number of ether oxygens (including phenoxy) is 1. The van der Waals surface area contributed by atoms with E-state index in [1.165, 1.54) is 4.88 Å². The van der Waals surface area contributed by atoms with Crippen molar-refractivity contribution in [1.82, 2.24) is 0 Å². The number of hydrogen-bond donors (Lipinski definition) is 1. The molecule has 1 heterocycles. The van der Waals surface area contributed by atoms with Crippen molar-refractivity contribution in [3.05, 3.63) is 111 Å². The number of thiophene rings is 1. The summed E-state index contributed by atoms with van der Waals surface area (Å²) in [5.41, 5.74) is 5.06. The molecule has 41 heavy (non-hydrogen) atoms. The van der Waals surface area contributed by atoms with Crippen LogP contribution in [0.4, 0.5) is 10.7 Å². The zero-order chi connectivity index (χ0) is 29.0. The van der Waals surface area contributed by atoms with Crippen molar-refractivity contribution < 1.29 is 9.53 Å². The van der Waals surface area contributed by atoms with E-state index >= 15 is 0 Å². The van der Waals surface area contributed by atoms with E-state index in [-0.39, 0.29) is 11.3 Å². The van der Waals surface area contributed by atoms with Gasteiger partial charge < -0.3 is 10.1 Å². The fourth-order valence-electron chi connectivity index (χ4n) is 5.05. The van der Waals surface area contributed by atoms with Gasteiger partial charge in [0.2, 0.25) is 0 Å². The molecule has 0 aliphatic heterocycles. The highest BCUT2D eigenvalue weighted by Crippen LogP contribution is 2.45. The Balaban J connectivity index is 1.43. The predicted octanol–water partition coefficient (Wildman–Crippen LogP) is 9.01. The van der Waals surface area contributed by atoms with Gasteiger partial charge in [-0.2, -0.15) is 5.26 Å². The smallest absolute Gasteiger partial charge is 0.259 e. The summed E-state index contributed by atoms with van der Waals surface area (Å²) in [6.07, 6.45) is 4.64. The molecule has 3 aromatic carbocycles. The molecule has 0 radical (unpaired) electrons. The van der Waals surface area contributed by atoms with E-state index in [2.05, 4.69) is 32.2 Å². The second-order valence-corrected chi connectivity index (χ2v) is 12.9. The standard InChI is InChI=1S/C34H32ClN3O2S/c1-34(2,3)25-12-17-28-30(18-25)41-33(31(28)32(39)38-27-15-13-26(35)14-16-27)37-20-24-6-4-5-7-29(24)40-21-23-10-8-22(19-36)9-11-23/h4-11,13-16,20,25H,12,17-18,21H2,1-3H3,(H,38,39)/t25-/m0/s1. The van der Waals surface area contributed by atoms with Gasteiger partial charge in [0.15, 0.2) is 0 Å². The molecule has 1 aliphatic rings. The predicted molar refractivity (Wildman–Crippen MR) is 168 cm³/mol. The summed E-state index contributed by atoms with van der Waals surface area (Å²) in [5.74, 6) is 1.09. The van der Waals surface area contributed by atoms with E-state index in [4.69, 9.17) is 26.6 Å². The van der Waals surface area contributed by atoms with Crippen LogP contribution in [0, 0.1) is 22.7 Å². The van der Waals surface area contributed by atoms with Crippen LogP contribution in [-0.4, -0.2) is 12.1 Å². The van der Waals surface area contributed by atoms with E-state index < -0.39 is 0 Å². The highest BCUT2D eigenvalue weighted by molar-refractivity contribution is 7.16. The number of carbonyl (C=O) groups is 1. The average molecular weight is 582 g/mol. The Morgan fingerprint density at radius 2 is 1.85 bits per heavy atom. The molecular formula is C34H32ClN3O2S. The van der Waals surface area contributed by atoms with Crippen LogP contribution >= 0.6 is 22.9 Å². The second kappa shape index (κ2) is 12.3. The summed E-state index contributed by atoms with van der Waals surface area (Å²) in [7, 11) is 0. The quantitative estimate of drug-likeness (QED) is 0.221. The van der Waals surface area contributed by atoms with Gasteiger partial charge in [-0.05, 0) is 90.3 Å². The summed E-state index contributed by atoms with van der Waals surface area (Å²) in [6, 6.07) is 24.4. The Hall–Kier alpha value is -3.92. The van der Waals surface area contributed by atoms with E-state index in [1.54, 1.807) is 53.9 Å². The summed E-state index contributed by atoms with van der Waals surface area (Å²) >= 11 is 7.66. The van der Waals surface area contributed by atoms with Crippen molar-refractivity contribution in [2.24, 2.45) is 16.3 Å². The number of amides is 1. The number of carbonyl (C=O) groups excluding carboxylic acids is 1. The molecule has 208 valence electrons. The van der Waals surface area contributed by atoms with Gasteiger partial charge in [-0.1, -0.05) is 56.6 Å². The van der Waals surface area contributed by atoms with Crippen LogP contribution in [0.1, 0.15) is 64.7 Å². The van der Waals surface area contributed by atoms with Crippen LogP contribution in [-0.2, 0) is 19.4 Å². The molecule has 1 amide bonds. The van der Waals surface area contributed by atoms with Gasteiger partial charge in [0.25, 0.3) is 5.91 Å². The number of aliphatic imine (C=N–C) groups is 1. The van der Waals surface area contributed by atoms with Crippen molar-refractivity contribution in [1.29, 1.82) is 5.26 Å². The van der Waals surface area contributed by atoms with Crippen molar-refractivity contribution >= 4 is 45.7 Å². The fourth-order valence-corrected chi connectivity index (χ4v) is 6.44. The van der Waals surface area contributed by atoms with Gasteiger partial charge in [-0.3, -0.25) is 4.79 Å². The van der Waals surface area contributed by atoms with Crippen LogP contribution in [0.3, 0.4) is 0 Å². The second-order valence-electron chi connectivity index (χ2n) is 11.3. The maximum atomic E-state index is 13.7. The molecule has 0 spiro atoms. The van der Waals surface area contributed by atoms with Gasteiger partial charge >= 0.3 is 0 Å². The molecule has 1 aromatic heterocycles. The van der Waals surface area contributed by atoms with Crippen molar-refractivity contribution in [2.45, 2.75) is 46.6 Å². The van der Waals surface area contributed by atoms with Crippen molar-refractivity contribution in [2.75, 3.05) is 5.32 Å². The lowest BCUT2D eigenvalue weighted by atomic mass is 9.72. The third-order valence-corrected chi connectivity index (χ3v) is 8.93. The molecule has 0 saturated heterocycles. The van der Waals surface area contributed by atoms with E-state index in [0.717, 1.165) is 36.0 Å². The van der Waals surface area contributed by atoms with E-state index in [9.17, 15) is 4.79 Å². The topological polar surface area (TPSA) is 74.5 Å². The van der Waals surface area contributed by atoms with Crippen LogP contribution in [0.15, 0.2) is 77.8 Å². The highest BCUT2D eigenvalue weighted by Gasteiger charge is 2.33. The number of fused-ring (bicyclic) bond motifs is 1. The summed E-state index contributed by atoms with van der Waals surface area (Å²) in [4.78, 5) is 19.8.